The number of rotatable bonds is 2. The van der Waals surface area contributed by atoms with Crippen molar-refractivity contribution in [2.24, 2.45) is 7.05 Å². The number of nitrogens with zero attached hydrogens (tertiary/aromatic N) is 3. The Morgan fingerprint density at radius 2 is 1.81 bits per heavy atom. The van der Waals surface area contributed by atoms with E-state index in [1.807, 2.05) is 37.4 Å². The molecule has 0 saturated carbocycles. The predicted octanol–water partition coefficient (Wildman–Crippen LogP) is 4.26. The Hall–Kier alpha value is -1.66. The highest BCUT2D eigenvalue weighted by Gasteiger charge is 2.19. The van der Waals surface area contributed by atoms with Crippen LogP contribution in [0.15, 0.2) is 51.7 Å². The van der Waals surface area contributed by atoms with E-state index >= 15 is 0 Å². The molecule has 6 heteroatoms. The minimum Gasteiger partial charge on any atom is -0.383 e. The molecule has 1 aromatic carbocycles. The van der Waals surface area contributed by atoms with Crippen LogP contribution >= 0.6 is 31.9 Å². The van der Waals surface area contributed by atoms with Crippen LogP contribution in [0.25, 0.3) is 22.4 Å². The molecule has 2 heterocycles. The van der Waals surface area contributed by atoms with Crippen molar-refractivity contribution in [3.63, 3.8) is 0 Å². The van der Waals surface area contributed by atoms with Crippen molar-refractivity contribution in [2.75, 3.05) is 5.73 Å². The summed E-state index contributed by atoms with van der Waals surface area (Å²) in [5.74, 6) is 0.628. The lowest BCUT2D eigenvalue weighted by Gasteiger charge is -2.06. The number of benzene rings is 1. The zero-order chi connectivity index (χ0) is 15.0. The predicted molar refractivity (Wildman–Crippen MR) is 91.7 cm³/mol. The minimum atomic E-state index is 0.628. The summed E-state index contributed by atoms with van der Waals surface area (Å²) in [5.41, 5.74) is 9.96. The second-order valence-corrected chi connectivity index (χ2v) is 6.36. The molecule has 21 heavy (non-hydrogen) atoms. The van der Waals surface area contributed by atoms with Gasteiger partial charge in [0.1, 0.15) is 11.5 Å². The lowest BCUT2D eigenvalue weighted by molar-refractivity contribution is 0.782. The van der Waals surface area contributed by atoms with Gasteiger partial charge in [0.2, 0.25) is 0 Å². The first kappa shape index (κ1) is 14.3. The van der Waals surface area contributed by atoms with Crippen LogP contribution in [0.3, 0.4) is 0 Å². The van der Waals surface area contributed by atoms with E-state index in [-0.39, 0.29) is 0 Å². The summed E-state index contributed by atoms with van der Waals surface area (Å²) in [6.07, 6.45) is 3.50. The van der Waals surface area contributed by atoms with Crippen molar-refractivity contribution in [2.45, 2.75) is 0 Å². The van der Waals surface area contributed by atoms with Gasteiger partial charge in [-0.3, -0.25) is 9.67 Å². The van der Waals surface area contributed by atoms with Crippen LogP contribution < -0.4 is 5.73 Å². The van der Waals surface area contributed by atoms with Gasteiger partial charge in [-0.2, -0.15) is 5.10 Å². The number of hydrogen-bond acceptors (Lipinski definition) is 3. The average molecular weight is 408 g/mol. The lowest BCUT2D eigenvalue weighted by Crippen LogP contribution is -1.97. The van der Waals surface area contributed by atoms with Crippen LogP contribution in [-0.4, -0.2) is 14.8 Å². The Bertz CT molecular complexity index is 797. The number of halogens is 2. The zero-order valence-corrected chi connectivity index (χ0v) is 14.4. The number of anilines is 1. The van der Waals surface area contributed by atoms with Crippen molar-refractivity contribution in [1.29, 1.82) is 0 Å². The summed E-state index contributed by atoms with van der Waals surface area (Å²) < 4.78 is 3.66. The topological polar surface area (TPSA) is 56.7 Å². The fourth-order valence-electron chi connectivity index (χ4n) is 2.21. The Labute approximate surface area is 139 Å². The fourth-order valence-corrected chi connectivity index (χ4v) is 3.00. The molecule has 3 aromatic rings. The van der Waals surface area contributed by atoms with Crippen molar-refractivity contribution in [3.05, 3.63) is 51.7 Å². The number of aromatic nitrogens is 3. The molecule has 0 amide bonds. The third-order valence-electron chi connectivity index (χ3n) is 3.24. The van der Waals surface area contributed by atoms with Gasteiger partial charge in [0.05, 0.1) is 5.56 Å². The van der Waals surface area contributed by atoms with Gasteiger partial charge in [0, 0.05) is 34.0 Å². The molecule has 0 aliphatic heterocycles. The van der Waals surface area contributed by atoms with Crippen LogP contribution in [0, 0.1) is 0 Å². The average Bonchev–Trinajstić information content (AvgIpc) is 2.78. The molecule has 0 aliphatic rings. The van der Waals surface area contributed by atoms with E-state index in [0.717, 1.165) is 31.3 Å². The molecule has 0 radical (unpaired) electrons. The molecule has 106 valence electrons. The fraction of sp³-hybridized carbons (Fsp3) is 0.0667. The molecule has 0 unspecified atom stereocenters. The maximum Gasteiger partial charge on any atom is 0.129 e. The van der Waals surface area contributed by atoms with E-state index < -0.39 is 0 Å². The molecular weight excluding hydrogens is 396 g/mol. The van der Waals surface area contributed by atoms with Gasteiger partial charge in [-0.1, -0.05) is 31.9 Å². The van der Waals surface area contributed by atoms with E-state index in [9.17, 15) is 0 Å². The van der Waals surface area contributed by atoms with Crippen molar-refractivity contribution in [3.8, 4) is 22.4 Å². The quantitative estimate of drug-likeness (QED) is 0.690. The third-order valence-corrected chi connectivity index (χ3v) is 4.43. The summed E-state index contributed by atoms with van der Waals surface area (Å²) in [4.78, 5) is 4.06. The number of hydrogen-bond donors (Lipinski definition) is 1. The Morgan fingerprint density at radius 3 is 2.52 bits per heavy atom. The van der Waals surface area contributed by atoms with Gasteiger partial charge >= 0.3 is 0 Å². The van der Waals surface area contributed by atoms with E-state index in [4.69, 9.17) is 5.73 Å². The highest BCUT2D eigenvalue weighted by molar-refractivity contribution is 9.11. The van der Waals surface area contributed by atoms with Gasteiger partial charge in [0.25, 0.3) is 0 Å². The maximum atomic E-state index is 6.21. The van der Waals surface area contributed by atoms with E-state index in [1.165, 1.54) is 0 Å². The second-order valence-electron chi connectivity index (χ2n) is 4.59. The Kier molecular flexibility index (Phi) is 3.82. The zero-order valence-electron chi connectivity index (χ0n) is 11.2. The van der Waals surface area contributed by atoms with Crippen molar-refractivity contribution in [1.82, 2.24) is 14.8 Å². The van der Waals surface area contributed by atoms with Gasteiger partial charge < -0.3 is 5.73 Å². The highest BCUT2D eigenvalue weighted by Crippen LogP contribution is 2.39. The molecule has 0 aliphatic carbocycles. The summed E-state index contributed by atoms with van der Waals surface area (Å²) in [7, 11) is 1.84. The first-order chi connectivity index (χ1) is 10.1. The van der Waals surface area contributed by atoms with Crippen molar-refractivity contribution < 1.29 is 0 Å². The van der Waals surface area contributed by atoms with E-state index in [2.05, 4.69) is 41.9 Å². The highest BCUT2D eigenvalue weighted by atomic mass is 79.9. The molecule has 0 saturated heterocycles. The molecule has 0 spiro atoms. The van der Waals surface area contributed by atoms with E-state index in [0.29, 0.717) is 5.82 Å². The van der Waals surface area contributed by atoms with Gasteiger partial charge in [-0.05, 0) is 35.9 Å². The number of nitrogen functional groups attached to an aromatic ring is 1. The first-order valence-corrected chi connectivity index (χ1v) is 7.85. The third kappa shape index (κ3) is 2.61. The number of nitrogens with two attached hydrogens (primary N) is 1. The van der Waals surface area contributed by atoms with E-state index in [1.54, 1.807) is 17.1 Å². The molecule has 0 atom stereocenters. The lowest BCUT2D eigenvalue weighted by atomic mass is 10.0. The molecule has 3 rings (SSSR count). The number of aryl methyl sites for hydroxylation is 1. The van der Waals surface area contributed by atoms with Crippen LogP contribution in [0.1, 0.15) is 0 Å². The minimum absolute atomic E-state index is 0.628. The first-order valence-electron chi connectivity index (χ1n) is 6.26. The molecule has 0 fully saturated rings. The summed E-state index contributed by atoms with van der Waals surface area (Å²) in [5, 5.41) is 4.58. The Morgan fingerprint density at radius 1 is 1.10 bits per heavy atom. The van der Waals surface area contributed by atoms with Gasteiger partial charge in [-0.15, -0.1) is 0 Å². The van der Waals surface area contributed by atoms with Crippen molar-refractivity contribution >= 4 is 37.7 Å². The van der Waals surface area contributed by atoms with Crippen LogP contribution in [0.5, 0.6) is 0 Å². The van der Waals surface area contributed by atoms with Crippen LogP contribution in [0.2, 0.25) is 0 Å². The SMILES string of the molecule is Cn1nc(-c2cc(Br)ccc2Br)c(-c2ccncc2)c1N. The maximum absolute atomic E-state index is 6.21. The molecule has 4 nitrogen and oxygen atoms in total. The molecule has 2 N–H and O–H groups in total. The number of pyridine rings is 1. The molecular formula is C15H12Br2N4. The normalized spacial score (nSPS) is 10.8. The molecule has 0 bridgehead atoms. The standard InChI is InChI=1S/C15H12Br2N4/c1-21-15(18)13(9-4-6-19-7-5-9)14(20-21)11-8-10(16)2-3-12(11)17/h2-8H,18H2,1H3. The summed E-state index contributed by atoms with van der Waals surface area (Å²) in [6.45, 7) is 0. The van der Waals surface area contributed by atoms with Gasteiger partial charge in [-0.25, -0.2) is 0 Å². The largest absolute Gasteiger partial charge is 0.383 e. The smallest absolute Gasteiger partial charge is 0.129 e. The second kappa shape index (κ2) is 5.61. The summed E-state index contributed by atoms with van der Waals surface area (Å²) >= 11 is 7.09. The Balaban J connectivity index is 2.29. The molecule has 2 aromatic heterocycles. The van der Waals surface area contributed by atoms with Crippen LogP contribution in [0.4, 0.5) is 5.82 Å². The van der Waals surface area contributed by atoms with Crippen LogP contribution in [-0.2, 0) is 7.05 Å². The monoisotopic (exact) mass is 406 g/mol. The summed E-state index contributed by atoms with van der Waals surface area (Å²) in [6, 6.07) is 9.86. The van der Waals surface area contributed by atoms with Gasteiger partial charge in [0.15, 0.2) is 0 Å².